The second-order valence-electron chi connectivity index (χ2n) is 6.34. The van der Waals surface area contributed by atoms with Gasteiger partial charge in [0, 0.05) is 25.5 Å². The third-order valence-corrected chi connectivity index (χ3v) is 6.92. The summed E-state index contributed by atoms with van der Waals surface area (Å²) in [4.78, 5) is 14.1. The fourth-order valence-electron chi connectivity index (χ4n) is 3.52. The number of hydrogen-bond acceptors (Lipinski definition) is 4. The first-order valence-electron chi connectivity index (χ1n) is 8.05. The predicted molar refractivity (Wildman–Crippen MR) is 83.1 cm³/mol. The van der Waals surface area contributed by atoms with Crippen LogP contribution in [0.25, 0.3) is 0 Å². The van der Waals surface area contributed by atoms with Crippen molar-refractivity contribution < 1.29 is 13.2 Å². The smallest absolute Gasteiger partial charge is 0.237 e. The molecule has 0 aromatic carbocycles. The standard InChI is InChI=1S/C15H23N3O3S/c19-15(12-22(20,21)14-6-1-2-7-14)17-9-3-5-13(11-17)18-10-4-8-16-18/h4,8,10,13-14H,1-3,5-7,9,11-12H2. The van der Waals surface area contributed by atoms with Gasteiger partial charge in [-0.25, -0.2) is 8.42 Å². The van der Waals surface area contributed by atoms with E-state index >= 15 is 0 Å². The first-order valence-corrected chi connectivity index (χ1v) is 9.76. The summed E-state index contributed by atoms with van der Waals surface area (Å²) in [5.74, 6) is -0.576. The van der Waals surface area contributed by atoms with Crippen LogP contribution in [0.3, 0.4) is 0 Å². The van der Waals surface area contributed by atoms with Gasteiger partial charge in [-0.15, -0.1) is 0 Å². The molecule has 1 aromatic heterocycles. The van der Waals surface area contributed by atoms with Crippen molar-refractivity contribution in [3.8, 4) is 0 Å². The molecule has 1 unspecified atom stereocenters. The van der Waals surface area contributed by atoms with E-state index in [9.17, 15) is 13.2 Å². The lowest BCUT2D eigenvalue weighted by Gasteiger charge is -2.33. The van der Waals surface area contributed by atoms with Crippen molar-refractivity contribution in [1.82, 2.24) is 14.7 Å². The summed E-state index contributed by atoms with van der Waals surface area (Å²) < 4.78 is 26.5. The number of likely N-dealkylation sites (tertiary alicyclic amines) is 1. The number of carbonyl (C=O) groups excluding carboxylic acids is 1. The van der Waals surface area contributed by atoms with E-state index in [1.165, 1.54) is 0 Å². The summed E-state index contributed by atoms with van der Waals surface area (Å²) in [6.45, 7) is 1.21. The minimum absolute atomic E-state index is 0.155. The van der Waals surface area contributed by atoms with Crippen molar-refractivity contribution in [1.29, 1.82) is 0 Å². The summed E-state index contributed by atoms with van der Waals surface area (Å²) in [7, 11) is -3.29. The van der Waals surface area contributed by atoms with Gasteiger partial charge in [-0.2, -0.15) is 5.10 Å². The molecular weight excluding hydrogens is 302 g/mol. The first-order chi connectivity index (χ1) is 10.6. The highest BCUT2D eigenvalue weighted by Crippen LogP contribution is 2.26. The number of aromatic nitrogens is 2. The Morgan fingerprint density at radius 1 is 1.18 bits per heavy atom. The van der Waals surface area contributed by atoms with E-state index in [2.05, 4.69) is 5.10 Å². The highest BCUT2D eigenvalue weighted by atomic mass is 32.2. The van der Waals surface area contributed by atoms with Crippen LogP contribution in [-0.2, 0) is 14.6 Å². The Morgan fingerprint density at radius 3 is 2.64 bits per heavy atom. The monoisotopic (exact) mass is 325 g/mol. The number of nitrogens with zero attached hydrogens (tertiary/aromatic N) is 3. The van der Waals surface area contributed by atoms with Crippen LogP contribution in [-0.4, -0.2) is 53.1 Å². The highest BCUT2D eigenvalue weighted by Gasteiger charge is 2.33. The fourth-order valence-corrected chi connectivity index (χ4v) is 5.34. The van der Waals surface area contributed by atoms with Gasteiger partial charge in [0.1, 0.15) is 5.75 Å². The maximum Gasteiger partial charge on any atom is 0.237 e. The molecular formula is C15H23N3O3S. The van der Waals surface area contributed by atoms with E-state index in [4.69, 9.17) is 0 Å². The molecule has 0 bridgehead atoms. The van der Waals surface area contributed by atoms with Gasteiger partial charge in [0.2, 0.25) is 5.91 Å². The fraction of sp³-hybridized carbons (Fsp3) is 0.733. The molecule has 122 valence electrons. The van der Waals surface area contributed by atoms with Crippen molar-refractivity contribution in [3.05, 3.63) is 18.5 Å². The molecule has 2 heterocycles. The van der Waals surface area contributed by atoms with Crippen LogP contribution in [0, 0.1) is 0 Å². The van der Waals surface area contributed by atoms with Crippen LogP contribution in [0.15, 0.2) is 18.5 Å². The summed E-state index contributed by atoms with van der Waals surface area (Å²) in [5.41, 5.74) is 0. The molecule has 1 saturated heterocycles. The molecule has 6 nitrogen and oxygen atoms in total. The van der Waals surface area contributed by atoms with Crippen molar-refractivity contribution in [2.24, 2.45) is 0 Å². The van der Waals surface area contributed by atoms with Gasteiger partial charge in [-0.3, -0.25) is 9.48 Å². The van der Waals surface area contributed by atoms with Crippen LogP contribution in [0.4, 0.5) is 0 Å². The molecule has 1 saturated carbocycles. The molecule has 1 aromatic rings. The zero-order valence-corrected chi connectivity index (χ0v) is 13.5. The Kier molecular flexibility index (Phi) is 4.52. The van der Waals surface area contributed by atoms with Crippen molar-refractivity contribution in [2.45, 2.75) is 49.8 Å². The molecule has 3 rings (SSSR count). The molecule has 0 N–H and O–H groups in total. The zero-order chi connectivity index (χ0) is 15.6. The number of carbonyl (C=O) groups is 1. The number of amides is 1. The predicted octanol–water partition coefficient (Wildman–Crippen LogP) is 1.40. The average Bonchev–Trinajstić information content (AvgIpc) is 3.20. The van der Waals surface area contributed by atoms with Crippen molar-refractivity contribution >= 4 is 15.7 Å². The lowest BCUT2D eigenvalue weighted by atomic mass is 10.1. The van der Waals surface area contributed by atoms with Crippen LogP contribution >= 0.6 is 0 Å². The SMILES string of the molecule is O=C(CS(=O)(=O)C1CCCC1)N1CCCC(n2cccn2)C1. The molecule has 7 heteroatoms. The third-order valence-electron chi connectivity index (χ3n) is 4.78. The Hall–Kier alpha value is -1.37. The Bertz CT molecular complexity index is 606. The quantitative estimate of drug-likeness (QED) is 0.839. The lowest BCUT2D eigenvalue weighted by molar-refractivity contribution is -0.130. The lowest BCUT2D eigenvalue weighted by Crippen LogP contribution is -2.44. The number of hydrogen-bond donors (Lipinski definition) is 0. The van der Waals surface area contributed by atoms with Crippen LogP contribution in [0.1, 0.15) is 44.6 Å². The molecule has 2 aliphatic rings. The molecule has 0 radical (unpaired) electrons. The summed E-state index contributed by atoms with van der Waals surface area (Å²) in [6, 6.07) is 2.02. The van der Waals surface area contributed by atoms with E-state index < -0.39 is 9.84 Å². The second-order valence-corrected chi connectivity index (χ2v) is 8.62. The van der Waals surface area contributed by atoms with Crippen LogP contribution in [0.5, 0.6) is 0 Å². The van der Waals surface area contributed by atoms with Gasteiger partial charge in [-0.1, -0.05) is 12.8 Å². The Balaban J connectivity index is 1.62. The Labute approximate surface area is 131 Å². The van der Waals surface area contributed by atoms with E-state index in [0.717, 1.165) is 25.7 Å². The molecule has 1 amide bonds. The average molecular weight is 325 g/mol. The summed E-state index contributed by atoms with van der Waals surface area (Å²) >= 11 is 0. The van der Waals surface area contributed by atoms with Gasteiger partial charge in [0.15, 0.2) is 9.84 Å². The maximum atomic E-state index is 12.4. The summed E-state index contributed by atoms with van der Waals surface area (Å²) in [6.07, 6.45) is 8.84. The van der Waals surface area contributed by atoms with E-state index in [1.807, 2.05) is 16.9 Å². The highest BCUT2D eigenvalue weighted by molar-refractivity contribution is 7.92. The number of piperidine rings is 1. The van der Waals surface area contributed by atoms with Crippen molar-refractivity contribution in [2.75, 3.05) is 18.8 Å². The zero-order valence-electron chi connectivity index (χ0n) is 12.7. The van der Waals surface area contributed by atoms with Gasteiger partial charge >= 0.3 is 0 Å². The van der Waals surface area contributed by atoms with E-state index in [0.29, 0.717) is 25.9 Å². The van der Waals surface area contributed by atoms with E-state index in [-0.39, 0.29) is 23.0 Å². The molecule has 1 aliphatic heterocycles. The van der Waals surface area contributed by atoms with Gasteiger partial charge in [0.05, 0.1) is 11.3 Å². The molecule has 22 heavy (non-hydrogen) atoms. The van der Waals surface area contributed by atoms with Gasteiger partial charge in [0.25, 0.3) is 0 Å². The molecule has 2 fully saturated rings. The van der Waals surface area contributed by atoms with Crippen LogP contribution < -0.4 is 0 Å². The number of sulfone groups is 1. The minimum Gasteiger partial charge on any atom is -0.340 e. The van der Waals surface area contributed by atoms with Gasteiger partial charge in [-0.05, 0) is 31.7 Å². The molecule has 0 spiro atoms. The molecule has 1 atom stereocenters. The topological polar surface area (TPSA) is 72.3 Å². The first kappa shape index (κ1) is 15.5. The Morgan fingerprint density at radius 2 is 1.95 bits per heavy atom. The second kappa shape index (κ2) is 6.40. The van der Waals surface area contributed by atoms with Crippen molar-refractivity contribution in [3.63, 3.8) is 0 Å². The number of rotatable bonds is 4. The molecule has 1 aliphatic carbocycles. The maximum absolute atomic E-state index is 12.4. The largest absolute Gasteiger partial charge is 0.340 e. The van der Waals surface area contributed by atoms with E-state index in [1.54, 1.807) is 11.1 Å². The summed E-state index contributed by atoms with van der Waals surface area (Å²) in [5, 5.41) is 3.93. The third kappa shape index (κ3) is 3.34. The minimum atomic E-state index is -3.29. The normalized spacial score (nSPS) is 23.8. The van der Waals surface area contributed by atoms with Crippen LogP contribution in [0.2, 0.25) is 0 Å². The van der Waals surface area contributed by atoms with Gasteiger partial charge < -0.3 is 4.90 Å².